The van der Waals surface area contributed by atoms with Crippen molar-refractivity contribution in [3.05, 3.63) is 106 Å². The van der Waals surface area contributed by atoms with Gasteiger partial charge in [-0.1, -0.05) is 70.2 Å². The Labute approximate surface area is 283 Å². The summed E-state index contributed by atoms with van der Waals surface area (Å²) in [5.41, 5.74) is 3.61. The van der Waals surface area contributed by atoms with E-state index >= 15 is 0 Å². The van der Waals surface area contributed by atoms with Gasteiger partial charge in [-0.15, -0.1) is 0 Å². The quantitative estimate of drug-likeness (QED) is 0.205. The predicted molar refractivity (Wildman–Crippen MR) is 184 cm³/mol. The Kier molecular flexibility index (Phi) is 9.41. The summed E-state index contributed by atoms with van der Waals surface area (Å²) in [6, 6.07) is 21.6. The van der Waals surface area contributed by atoms with E-state index < -0.39 is 5.92 Å². The van der Waals surface area contributed by atoms with Gasteiger partial charge in [-0.3, -0.25) is 9.59 Å². The number of carbonyl (C=O) groups is 2. The molecule has 0 N–H and O–H groups in total. The van der Waals surface area contributed by atoms with Crippen LogP contribution in [0.5, 0.6) is 23.0 Å². The van der Waals surface area contributed by atoms with Crippen LogP contribution in [-0.4, -0.2) is 24.8 Å². The Morgan fingerprint density at radius 1 is 0.604 bits per heavy atom. The minimum absolute atomic E-state index is 0.0371. The Balaban J connectivity index is 1.28. The van der Waals surface area contributed by atoms with Gasteiger partial charge in [0.05, 0.1) is 13.2 Å². The molecule has 252 valence electrons. The monoisotopic (exact) mass is 650 g/mol. The third-order valence-corrected chi connectivity index (χ3v) is 9.12. The highest BCUT2D eigenvalue weighted by atomic mass is 16.5. The lowest BCUT2D eigenvalue weighted by atomic mass is 9.65. The fourth-order valence-corrected chi connectivity index (χ4v) is 7.03. The number of carbonyl (C=O) groups excluding carboxylic acids is 2. The molecule has 0 amide bonds. The third kappa shape index (κ3) is 7.15. The SMILES string of the molecule is CCOc1cc(COc2ccc(C3C4=C(CC(C)(C)CC4=O)OC4=C3C(=O)CC(C)(C)C4)cc2OCC)ccc1OCc1ccccc1. The highest BCUT2D eigenvalue weighted by Crippen LogP contribution is 2.54. The van der Waals surface area contributed by atoms with E-state index in [9.17, 15) is 9.59 Å². The molecule has 2 aliphatic carbocycles. The number of benzene rings is 3. The third-order valence-electron chi connectivity index (χ3n) is 9.12. The van der Waals surface area contributed by atoms with Crippen LogP contribution in [0.3, 0.4) is 0 Å². The standard InChI is InChI=1S/C41H46O7/c1-7-44-33-18-27(14-16-31(33)46-24-26-12-10-9-11-13-26)25-47-32-17-15-28(19-34(32)45-8-2)37-38-29(42)20-40(3,4)22-35(38)48-36-23-41(5,6)21-30(43)39(36)37/h9-19,37H,7-8,20-25H2,1-6H3. The zero-order valence-electron chi connectivity index (χ0n) is 28.9. The molecule has 0 saturated heterocycles. The molecular formula is C41H46O7. The van der Waals surface area contributed by atoms with Crippen LogP contribution in [0, 0.1) is 10.8 Å². The van der Waals surface area contributed by atoms with Crippen LogP contribution in [0.2, 0.25) is 0 Å². The van der Waals surface area contributed by atoms with Gasteiger partial charge in [-0.25, -0.2) is 0 Å². The first-order valence-electron chi connectivity index (χ1n) is 17.0. The molecule has 7 heteroatoms. The summed E-state index contributed by atoms with van der Waals surface area (Å²) in [6.07, 6.45) is 2.12. The van der Waals surface area contributed by atoms with Gasteiger partial charge in [-0.05, 0) is 65.6 Å². The normalized spacial score (nSPS) is 18.5. The molecule has 3 aromatic carbocycles. The molecule has 0 radical (unpaired) electrons. The number of rotatable bonds is 11. The molecule has 1 heterocycles. The first kappa shape index (κ1) is 33.4. The molecule has 0 fully saturated rings. The van der Waals surface area contributed by atoms with Crippen LogP contribution >= 0.6 is 0 Å². The Hall–Kier alpha value is -4.52. The fourth-order valence-electron chi connectivity index (χ4n) is 7.03. The number of Topliss-reactive ketones (excluding diaryl/α,β-unsaturated/α-hetero) is 2. The number of ether oxygens (including phenoxy) is 5. The number of allylic oxidation sites excluding steroid dienone is 4. The molecule has 3 aromatic rings. The summed E-state index contributed by atoms with van der Waals surface area (Å²) in [4.78, 5) is 27.5. The van der Waals surface area contributed by atoms with Crippen LogP contribution < -0.4 is 18.9 Å². The number of hydrogen-bond acceptors (Lipinski definition) is 7. The van der Waals surface area contributed by atoms with Crippen molar-refractivity contribution in [1.29, 1.82) is 0 Å². The summed E-state index contributed by atoms with van der Waals surface area (Å²) in [7, 11) is 0. The molecule has 0 atom stereocenters. The van der Waals surface area contributed by atoms with E-state index in [0.717, 1.165) is 16.7 Å². The second-order valence-electron chi connectivity index (χ2n) is 14.5. The lowest BCUT2D eigenvalue weighted by molar-refractivity contribution is -0.120. The molecule has 1 aliphatic heterocycles. The van der Waals surface area contributed by atoms with E-state index in [4.69, 9.17) is 23.7 Å². The second kappa shape index (κ2) is 13.5. The van der Waals surface area contributed by atoms with Crippen LogP contribution in [0.1, 0.15) is 89.8 Å². The van der Waals surface area contributed by atoms with Gasteiger partial charge in [0, 0.05) is 42.7 Å². The molecule has 3 aliphatic rings. The highest BCUT2D eigenvalue weighted by Gasteiger charge is 2.48. The minimum atomic E-state index is -0.499. The molecule has 0 unspecified atom stereocenters. The van der Waals surface area contributed by atoms with Crippen molar-refractivity contribution >= 4 is 11.6 Å². The minimum Gasteiger partial charge on any atom is -0.490 e. The van der Waals surface area contributed by atoms with Gasteiger partial charge in [0.1, 0.15) is 24.7 Å². The van der Waals surface area contributed by atoms with Gasteiger partial charge in [0.15, 0.2) is 34.6 Å². The maximum Gasteiger partial charge on any atom is 0.163 e. The lowest BCUT2D eigenvalue weighted by Crippen LogP contribution is -2.37. The van der Waals surface area contributed by atoms with E-state index in [1.807, 2.05) is 80.6 Å². The Morgan fingerprint density at radius 3 is 1.69 bits per heavy atom. The predicted octanol–water partition coefficient (Wildman–Crippen LogP) is 9.04. The average molecular weight is 651 g/mol. The zero-order chi connectivity index (χ0) is 34.1. The van der Waals surface area contributed by atoms with Crippen molar-refractivity contribution in [2.75, 3.05) is 13.2 Å². The fraction of sp³-hybridized carbons (Fsp3) is 0.415. The molecule has 0 spiro atoms. The molecule has 48 heavy (non-hydrogen) atoms. The summed E-state index contributed by atoms with van der Waals surface area (Å²) in [5.74, 6) is 3.44. The Bertz CT molecular complexity index is 1710. The van der Waals surface area contributed by atoms with Gasteiger partial charge in [0.2, 0.25) is 0 Å². The smallest absolute Gasteiger partial charge is 0.163 e. The average Bonchev–Trinajstić information content (AvgIpc) is 3.02. The van der Waals surface area contributed by atoms with Crippen molar-refractivity contribution in [2.45, 2.75) is 86.4 Å². The van der Waals surface area contributed by atoms with Crippen LogP contribution in [-0.2, 0) is 27.5 Å². The lowest BCUT2D eigenvalue weighted by Gasteiger charge is -2.42. The van der Waals surface area contributed by atoms with E-state index in [1.165, 1.54) is 0 Å². The number of hydrogen-bond donors (Lipinski definition) is 0. The van der Waals surface area contributed by atoms with Crippen molar-refractivity contribution < 1.29 is 33.3 Å². The summed E-state index contributed by atoms with van der Waals surface area (Å²) in [5, 5.41) is 0. The zero-order valence-corrected chi connectivity index (χ0v) is 28.9. The van der Waals surface area contributed by atoms with E-state index in [1.54, 1.807) is 0 Å². The first-order valence-corrected chi connectivity index (χ1v) is 17.0. The molecule has 7 nitrogen and oxygen atoms in total. The van der Waals surface area contributed by atoms with E-state index in [2.05, 4.69) is 27.7 Å². The molecule has 0 aromatic heterocycles. The Morgan fingerprint density at radius 2 is 1.12 bits per heavy atom. The van der Waals surface area contributed by atoms with Gasteiger partial charge in [-0.2, -0.15) is 0 Å². The largest absolute Gasteiger partial charge is 0.490 e. The van der Waals surface area contributed by atoms with Crippen LogP contribution in [0.25, 0.3) is 0 Å². The van der Waals surface area contributed by atoms with Gasteiger partial charge in [0.25, 0.3) is 0 Å². The topological polar surface area (TPSA) is 80.3 Å². The molecule has 0 bridgehead atoms. The summed E-state index contributed by atoms with van der Waals surface area (Å²) >= 11 is 0. The van der Waals surface area contributed by atoms with Crippen LogP contribution in [0.4, 0.5) is 0 Å². The highest BCUT2D eigenvalue weighted by molar-refractivity contribution is 6.06. The summed E-state index contributed by atoms with van der Waals surface area (Å²) in [6.45, 7) is 13.9. The van der Waals surface area contributed by atoms with Gasteiger partial charge >= 0.3 is 0 Å². The van der Waals surface area contributed by atoms with Crippen molar-refractivity contribution in [2.24, 2.45) is 10.8 Å². The maximum absolute atomic E-state index is 13.7. The van der Waals surface area contributed by atoms with Gasteiger partial charge < -0.3 is 23.7 Å². The molecule has 0 saturated carbocycles. The first-order chi connectivity index (χ1) is 23.0. The molecular weight excluding hydrogens is 604 g/mol. The van der Waals surface area contributed by atoms with E-state index in [0.29, 0.717) is 91.2 Å². The maximum atomic E-state index is 13.7. The van der Waals surface area contributed by atoms with Crippen molar-refractivity contribution in [3.63, 3.8) is 0 Å². The second-order valence-corrected chi connectivity index (χ2v) is 14.5. The molecule has 6 rings (SSSR count). The van der Waals surface area contributed by atoms with E-state index in [-0.39, 0.29) is 29.0 Å². The number of ketones is 2. The van der Waals surface area contributed by atoms with Crippen LogP contribution in [0.15, 0.2) is 89.4 Å². The summed E-state index contributed by atoms with van der Waals surface area (Å²) < 4.78 is 30.9. The van der Waals surface area contributed by atoms with Crippen molar-refractivity contribution in [1.82, 2.24) is 0 Å². The van der Waals surface area contributed by atoms with Crippen molar-refractivity contribution in [3.8, 4) is 23.0 Å².